The first-order valence-electron chi connectivity index (χ1n) is 6.85. The molecule has 0 radical (unpaired) electrons. The van der Waals surface area contributed by atoms with E-state index in [2.05, 4.69) is 33.1 Å². The molecule has 0 saturated carbocycles. The molecule has 1 aromatic carbocycles. The second-order valence-electron chi connectivity index (χ2n) is 5.37. The first-order chi connectivity index (χ1) is 9.06. The molecule has 3 nitrogen and oxygen atoms in total. The van der Waals surface area contributed by atoms with Crippen LogP contribution in [0, 0.1) is 6.92 Å². The zero-order valence-electron chi connectivity index (χ0n) is 11.6. The Bertz CT molecular complexity index is 455. The summed E-state index contributed by atoms with van der Waals surface area (Å²) >= 11 is 3.45. The summed E-state index contributed by atoms with van der Waals surface area (Å²) in [5, 5.41) is 3.07. The van der Waals surface area contributed by atoms with Gasteiger partial charge in [-0.1, -0.05) is 6.07 Å². The van der Waals surface area contributed by atoms with Crippen molar-refractivity contribution in [2.24, 2.45) is 0 Å². The number of carbonyl (C=O) groups is 1. The lowest BCUT2D eigenvalue weighted by Crippen LogP contribution is -2.41. The van der Waals surface area contributed by atoms with Gasteiger partial charge in [0.2, 0.25) is 0 Å². The molecule has 1 heterocycles. The van der Waals surface area contributed by atoms with Gasteiger partial charge in [-0.05, 0) is 73.4 Å². The summed E-state index contributed by atoms with van der Waals surface area (Å²) in [5.41, 5.74) is 1.85. The van der Waals surface area contributed by atoms with Crippen LogP contribution in [0.4, 0.5) is 0 Å². The van der Waals surface area contributed by atoms with Crippen LogP contribution in [-0.2, 0) is 0 Å². The maximum Gasteiger partial charge on any atom is 0.252 e. The van der Waals surface area contributed by atoms with Gasteiger partial charge in [0, 0.05) is 17.1 Å². The third-order valence-corrected chi connectivity index (χ3v) is 4.13. The Kier molecular flexibility index (Phi) is 4.99. The van der Waals surface area contributed by atoms with E-state index in [1.54, 1.807) is 0 Å². The molecule has 1 amide bonds. The van der Waals surface area contributed by atoms with Crippen LogP contribution in [-0.4, -0.2) is 36.5 Å². The number of nitrogens with zero attached hydrogens (tertiary/aromatic N) is 1. The molecule has 0 spiro atoms. The van der Waals surface area contributed by atoms with Gasteiger partial charge in [0.05, 0.1) is 5.56 Å². The third kappa shape index (κ3) is 4.05. The molecule has 104 valence electrons. The summed E-state index contributed by atoms with van der Waals surface area (Å²) in [6, 6.07) is 5.99. The van der Waals surface area contributed by atoms with Crippen molar-refractivity contribution >= 4 is 21.8 Å². The van der Waals surface area contributed by atoms with E-state index in [1.807, 2.05) is 25.1 Å². The minimum Gasteiger partial charge on any atom is -0.348 e. The lowest BCUT2D eigenvalue weighted by atomic mass is 10.1. The molecule has 1 aliphatic rings. The minimum absolute atomic E-state index is 0.00132. The summed E-state index contributed by atoms with van der Waals surface area (Å²) in [6.45, 7) is 7.35. The summed E-state index contributed by atoms with van der Waals surface area (Å²) in [4.78, 5) is 14.6. The Morgan fingerprint density at radius 1 is 1.42 bits per heavy atom. The molecule has 1 N–H and O–H groups in total. The van der Waals surface area contributed by atoms with Gasteiger partial charge in [-0.15, -0.1) is 0 Å². The number of carbonyl (C=O) groups excluding carboxylic acids is 1. The van der Waals surface area contributed by atoms with Crippen LogP contribution < -0.4 is 5.32 Å². The fraction of sp³-hybridized carbons (Fsp3) is 0.533. The maximum absolute atomic E-state index is 12.2. The zero-order valence-corrected chi connectivity index (χ0v) is 13.2. The van der Waals surface area contributed by atoms with Crippen LogP contribution in [0.25, 0.3) is 0 Å². The van der Waals surface area contributed by atoms with Gasteiger partial charge in [-0.3, -0.25) is 4.79 Å². The van der Waals surface area contributed by atoms with Gasteiger partial charge in [-0.25, -0.2) is 0 Å². The SMILES string of the molecule is Cc1ccc(C(=O)NC(C)CN2CCCC2)c(Br)c1. The number of amides is 1. The molecule has 1 unspecified atom stereocenters. The third-order valence-electron chi connectivity index (χ3n) is 3.48. The van der Waals surface area contributed by atoms with Crippen molar-refractivity contribution in [3.05, 3.63) is 33.8 Å². The van der Waals surface area contributed by atoms with Gasteiger partial charge in [0.25, 0.3) is 5.91 Å². The van der Waals surface area contributed by atoms with Crippen LogP contribution in [0.3, 0.4) is 0 Å². The van der Waals surface area contributed by atoms with Crippen LogP contribution in [0.5, 0.6) is 0 Å². The van der Waals surface area contributed by atoms with Gasteiger partial charge < -0.3 is 10.2 Å². The zero-order chi connectivity index (χ0) is 13.8. The van der Waals surface area contributed by atoms with Crippen LogP contribution in [0.1, 0.15) is 35.7 Å². The molecule has 1 aliphatic heterocycles. The molecule has 0 aliphatic carbocycles. The Morgan fingerprint density at radius 2 is 2.11 bits per heavy atom. The number of hydrogen-bond donors (Lipinski definition) is 1. The van der Waals surface area contributed by atoms with Crippen molar-refractivity contribution in [2.75, 3.05) is 19.6 Å². The minimum atomic E-state index is -0.00132. The molecular weight excluding hydrogens is 304 g/mol. The molecule has 4 heteroatoms. The smallest absolute Gasteiger partial charge is 0.252 e. The fourth-order valence-electron chi connectivity index (χ4n) is 2.50. The van der Waals surface area contributed by atoms with E-state index in [0.29, 0.717) is 5.56 Å². The van der Waals surface area contributed by atoms with Gasteiger partial charge in [0.15, 0.2) is 0 Å². The molecule has 0 aromatic heterocycles. The van der Waals surface area contributed by atoms with Gasteiger partial charge in [0.1, 0.15) is 0 Å². The average molecular weight is 325 g/mol. The standard InChI is InChI=1S/C15H21BrN2O/c1-11-5-6-13(14(16)9-11)15(19)17-12(2)10-18-7-3-4-8-18/h5-6,9,12H,3-4,7-8,10H2,1-2H3,(H,17,19). The number of likely N-dealkylation sites (tertiary alicyclic amines) is 1. The molecule has 0 bridgehead atoms. The predicted octanol–water partition coefficient (Wildman–Crippen LogP) is 2.97. The average Bonchev–Trinajstić information content (AvgIpc) is 2.81. The van der Waals surface area contributed by atoms with Gasteiger partial charge in [-0.2, -0.15) is 0 Å². The van der Waals surface area contributed by atoms with Crippen LogP contribution >= 0.6 is 15.9 Å². The van der Waals surface area contributed by atoms with Crippen LogP contribution in [0.15, 0.2) is 22.7 Å². The highest BCUT2D eigenvalue weighted by molar-refractivity contribution is 9.10. The van der Waals surface area contributed by atoms with Crippen molar-refractivity contribution in [2.45, 2.75) is 32.7 Å². The summed E-state index contributed by atoms with van der Waals surface area (Å²) < 4.78 is 0.860. The van der Waals surface area contributed by atoms with Gasteiger partial charge >= 0.3 is 0 Å². The highest BCUT2D eigenvalue weighted by Crippen LogP contribution is 2.18. The predicted molar refractivity (Wildman–Crippen MR) is 81.5 cm³/mol. The van der Waals surface area contributed by atoms with E-state index in [9.17, 15) is 4.79 Å². The Morgan fingerprint density at radius 3 is 2.74 bits per heavy atom. The molecular formula is C15H21BrN2O. The molecule has 19 heavy (non-hydrogen) atoms. The number of rotatable bonds is 4. The highest BCUT2D eigenvalue weighted by atomic mass is 79.9. The number of hydrogen-bond acceptors (Lipinski definition) is 2. The topological polar surface area (TPSA) is 32.3 Å². The Hall–Kier alpha value is -0.870. The molecule has 2 rings (SSSR count). The van der Waals surface area contributed by atoms with Crippen molar-refractivity contribution in [1.29, 1.82) is 0 Å². The normalized spacial score (nSPS) is 17.4. The maximum atomic E-state index is 12.2. The Balaban J connectivity index is 1.92. The van der Waals surface area contributed by atoms with E-state index in [4.69, 9.17) is 0 Å². The van der Waals surface area contributed by atoms with E-state index in [1.165, 1.54) is 12.8 Å². The second kappa shape index (κ2) is 6.53. The fourth-order valence-corrected chi connectivity index (χ4v) is 3.18. The highest BCUT2D eigenvalue weighted by Gasteiger charge is 2.17. The monoisotopic (exact) mass is 324 g/mol. The van der Waals surface area contributed by atoms with Crippen molar-refractivity contribution < 1.29 is 4.79 Å². The molecule has 1 aromatic rings. The number of halogens is 1. The number of benzene rings is 1. The van der Waals surface area contributed by atoms with E-state index in [0.717, 1.165) is 29.7 Å². The lowest BCUT2D eigenvalue weighted by Gasteiger charge is -2.21. The molecule has 1 atom stereocenters. The molecule has 1 saturated heterocycles. The summed E-state index contributed by atoms with van der Waals surface area (Å²) in [5.74, 6) is -0.00132. The summed E-state index contributed by atoms with van der Waals surface area (Å²) in [7, 11) is 0. The summed E-state index contributed by atoms with van der Waals surface area (Å²) in [6.07, 6.45) is 2.56. The number of nitrogens with one attached hydrogen (secondary N) is 1. The van der Waals surface area contributed by atoms with Crippen molar-refractivity contribution in [3.8, 4) is 0 Å². The lowest BCUT2D eigenvalue weighted by molar-refractivity contribution is 0.0931. The van der Waals surface area contributed by atoms with E-state index in [-0.39, 0.29) is 11.9 Å². The number of aryl methyl sites for hydroxylation is 1. The first-order valence-corrected chi connectivity index (χ1v) is 7.65. The van der Waals surface area contributed by atoms with Crippen molar-refractivity contribution in [1.82, 2.24) is 10.2 Å². The van der Waals surface area contributed by atoms with E-state index < -0.39 is 0 Å². The quantitative estimate of drug-likeness (QED) is 0.923. The van der Waals surface area contributed by atoms with Crippen molar-refractivity contribution in [3.63, 3.8) is 0 Å². The first kappa shape index (κ1) is 14.5. The molecule has 1 fully saturated rings. The van der Waals surface area contributed by atoms with Crippen LogP contribution in [0.2, 0.25) is 0 Å². The van der Waals surface area contributed by atoms with E-state index >= 15 is 0 Å². The second-order valence-corrected chi connectivity index (χ2v) is 6.22. The Labute approximate surface area is 123 Å². The largest absolute Gasteiger partial charge is 0.348 e.